The van der Waals surface area contributed by atoms with Gasteiger partial charge in [-0.3, -0.25) is 4.79 Å². The second kappa shape index (κ2) is 7.18. The fourth-order valence-corrected chi connectivity index (χ4v) is 2.75. The number of ether oxygens (including phenoxy) is 2. The predicted octanol–water partition coefficient (Wildman–Crippen LogP) is 3.81. The molecule has 1 N–H and O–H groups in total. The minimum Gasteiger partial charge on any atom is -0.497 e. The number of methoxy groups -OCH3 is 2. The van der Waals surface area contributed by atoms with Crippen LogP contribution in [-0.4, -0.2) is 20.1 Å². The number of anilines is 1. The van der Waals surface area contributed by atoms with Gasteiger partial charge >= 0.3 is 0 Å². The summed E-state index contributed by atoms with van der Waals surface area (Å²) in [6.07, 6.45) is 0.229. The van der Waals surface area contributed by atoms with Gasteiger partial charge in [-0.05, 0) is 50.1 Å². The Labute approximate surface area is 137 Å². The molecular formula is C19H23NO3. The quantitative estimate of drug-likeness (QED) is 0.913. The standard InChI is InChI=1S/C19H23NO3/c1-12-8-13(2)19(14(3)9-12)20-18(21)11-15-10-16(22-4)6-7-17(15)23-5/h6-10H,11H2,1-5H3,(H,20,21). The van der Waals surface area contributed by atoms with Crippen LogP contribution in [0.2, 0.25) is 0 Å². The molecule has 0 fully saturated rings. The lowest BCUT2D eigenvalue weighted by atomic mass is 10.0. The summed E-state index contributed by atoms with van der Waals surface area (Å²) < 4.78 is 10.5. The summed E-state index contributed by atoms with van der Waals surface area (Å²) in [7, 11) is 3.20. The highest BCUT2D eigenvalue weighted by atomic mass is 16.5. The van der Waals surface area contributed by atoms with E-state index in [1.807, 2.05) is 39.0 Å². The molecule has 0 atom stereocenters. The third-order valence-electron chi connectivity index (χ3n) is 3.78. The van der Waals surface area contributed by atoms with Crippen LogP contribution in [0.25, 0.3) is 0 Å². The van der Waals surface area contributed by atoms with Crippen LogP contribution in [0.15, 0.2) is 30.3 Å². The van der Waals surface area contributed by atoms with E-state index in [0.717, 1.165) is 22.4 Å². The van der Waals surface area contributed by atoms with Gasteiger partial charge in [-0.1, -0.05) is 17.7 Å². The molecule has 0 saturated heterocycles. The van der Waals surface area contributed by atoms with Gasteiger partial charge in [-0.2, -0.15) is 0 Å². The third kappa shape index (κ3) is 4.03. The highest BCUT2D eigenvalue weighted by Crippen LogP contribution is 2.26. The lowest BCUT2D eigenvalue weighted by Gasteiger charge is -2.14. The number of rotatable bonds is 5. The van der Waals surface area contributed by atoms with E-state index < -0.39 is 0 Å². The second-order valence-electron chi connectivity index (χ2n) is 5.68. The van der Waals surface area contributed by atoms with E-state index in [-0.39, 0.29) is 12.3 Å². The number of carbonyl (C=O) groups is 1. The first-order chi connectivity index (χ1) is 10.9. The minimum absolute atomic E-state index is 0.0772. The molecule has 0 aromatic heterocycles. The van der Waals surface area contributed by atoms with Gasteiger partial charge < -0.3 is 14.8 Å². The fourth-order valence-electron chi connectivity index (χ4n) is 2.75. The van der Waals surface area contributed by atoms with Gasteiger partial charge in [0, 0.05) is 11.3 Å². The minimum atomic E-state index is -0.0772. The number of hydrogen-bond acceptors (Lipinski definition) is 3. The van der Waals surface area contributed by atoms with Crippen molar-refractivity contribution >= 4 is 11.6 Å². The summed E-state index contributed by atoms with van der Waals surface area (Å²) in [5, 5.41) is 3.01. The number of nitrogens with one attached hydrogen (secondary N) is 1. The molecule has 0 aliphatic rings. The molecule has 0 aliphatic carbocycles. The maximum atomic E-state index is 12.4. The van der Waals surface area contributed by atoms with Crippen LogP contribution in [0.3, 0.4) is 0 Å². The van der Waals surface area contributed by atoms with Crippen molar-refractivity contribution in [2.45, 2.75) is 27.2 Å². The van der Waals surface area contributed by atoms with Crippen LogP contribution in [0, 0.1) is 20.8 Å². The van der Waals surface area contributed by atoms with Gasteiger partial charge in [0.15, 0.2) is 0 Å². The van der Waals surface area contributed by atoms with Crippen molar-refractivity contribution in [3.8, 4) is 11.5 Å². The summed E-state index contributed by atoms with van der Waals surface area (Å²) in [5.74, 6) is 1.31. The Kier molecular flexibility index (Phi) is 5.27. The number of carbonyl (C=O) groups excluding carboxylic acids is 1. The van der Waals surface area contributed by atoms with Crippen LogP contribution >= 0.6 is 0 Å². The Morgan fingerprint density at radius 1 is 1.00 bits per heavy atom. The molecule has 2 aromatic carbocycles. The lowest BCUT2D eigenvalue weighted by molar-refractivity contribution is -0.115. The number of hydrogen-bond donors (Lipinski definition) is 1. The van der Waals surface area contributed by atoms with Crippen LogP contribution in [-0.2, 0) is 11.2 Å². The first-order valence-corrected chi connectivity index (χ1v) is 7.53. The van der Waals surface area contributed by atoms with Crippen molar-refractivity contribution in [3.63, 3.8) is 0 Å². The topological polar surface area (TPSA) is 47.6 Å². The molecule has 0 spiro atoms. The Bertz CT molecular complexity index is 700. The molecule has 122 valence electrons. The molecule has 4 heteroatoms. The monoisotopic (exact) mass is 313 g/mol. The molecule has 0 aliphatic heterocycles. The van der Waals surface area contributed by atoms with E-state index in [0.29, 0.717) is 11.5 Å². The molecule has 0 bridgehead atoms. The average Bonchev–Trinajstić information content (AvgIpc) is 2.50. The summed E-state index contributed by atoms with van der Waals surface area (Å²) in [5.41, 5.74) is 4.99. The van der Waals surface area contributed by atoms with Crippen LogP contribution in [0.4, 0.5) is 5.69 Å². The van der Waals surface area contributed by atoms with Crippen LogP contribution in [0.5, 0.6) is 11.5 Å². The van der Waals surface area contributed by atoms with E-state index in [9.17, 15) is 4.79 Å². The van der Waals surface area contributed by atoms with Gasteiger partial charge in [0.1, 0.15) is 11.5 Å². The molecule has 0 heterocycles. The lowest BCUT2D eigenvalue weighted by Crippen LogP contribution is -2.16. The van der Waals surface area contributed by atoms with Crippen molar-refractivity contribution in [2.24, 2.45) is 0 Å². The molecule has 23 heavy (non-hydrogen) atoms. The normalized spacial score (nSPS) is 10.3. The fraction of sp³-hybridized carbons (Fsp3) is 0.316. The Balaban J connectivity index is 2.20. The Morgan fingerprint density at radius 2 is 1.65 bits per heavy atom. The molecular weight excluding hydrogens is 290 g/mol. The second-order valence-corrected chi connectivity index (χ2v) is 5.68. The smallest absolute Gasteiger partial charge is 0.228 e. The highest BCUT2D eigenvalue weighted by Gasteiger charge is 2.13. The Hall–Kier alpha value is -2.49. The van der Waals surface area contributed by atoms with E-state index in [2.05, 4.69) is 17.4 Å². The summed E-state index contributed by atoms with van der Waals surface area (Å²) in [4.78, 5) is 12.4. The summed E-state index contributed by atoms with van der Waals surface area (Å²) >= 11 is 0. The number of benzene rings is 2. The Morgan fingerprint density at radius 3 is 2.22 bits per heavy atom. The summed E-state index contributed by atoms with van der Waals surface area (Å²) in [6.45, 7) is 6.05. The maximum Gasteiger partial charge on any atom is 0.228 e. The zero-order chi connectivity index (χ0) is 17.0. The molecule has 4 nitrogen and oxygen atoms in total. The van der Waals surface area contributed by atoms with Crippen molar-refractivity contribution in [1.29, 1.82) is 0 Å². The van der Waals surface area contributed by atoms with Gasteiger partial charge in [-0.15, -0.1) is 0 Å². The number of amides is 1. The van der Waals surface area contributed by atoms with Gasteiger partial charge in [0.05, 0.1) is 20.6 Å². The van der Waals surface area contributed by atoms with Gasteiger partial charge in [-0.25, -0.2) is 0 Å². The van der Waals surface area contributed by atoms with E-state index >= 15 is 0 Å². The van der Waals surface area contributed by atoms with Crippen LogP contribution in [0.1, 0.15) is 22.3 Å². The van der Waals surface area contributed by atoms with E-state index in [1.54, 1.807) is 14.2 Å². The van der Waals surface area contributed by atoms with E-state index in [4.69, 9.17) is 9.47 Å². The molecule has 2 rings (SSSR count). The molecule has 1 amide bonds. The van der Waals surface area contributed by atoms with Crippen molar-refractivity contribution in [2.75, 3.05) is 19.5 Å². The third-order valence-corrected chi connectivity index (χ3v) is 3.78. The zero-order valence-electron chi connectivity index (χ0n) is 14.3. The number of aryl methyl sites for hydroxylation is 3. The van der Waals surface area contributed by atoms with Gasteiger partial charge in [0.25, 0.3) is 0 Å². The van der Waals surface area contributed by atoms with Gasteiger partial charge in [0.2, 0.25) is 5.91 Å². The average molecular weight is 313 g/mol. The highest BCUT2D eigenvalue weighted by molar-refractivity contribution is 5.94. The zero-order valence-corrected chi connectivity index (χ0v) is 14.3. The SMILES string of the molecule is COc1ccc(OC)c(CC(=O)Nc2c(C)cc(C)cc2C)c1. The van der Waals surface area contributed by atoms with Crippen LogP contribution < -0.4 is 14.8 Å². The largest absolute Gasteiger partial charge is 0.497 e. The van der Waals surface area contributed by atoms with E-state index in [1.165, 1.54) is 5.56 Å². The van der Waals surface area contributed by atoms with Crippen molar-refractivity contribution in [3.05, 3.63) is 52.6 Å². The molecule has 0 radical (unpaired) electrons. The van der Waals surface area contributed by atoms with Crippen molar-refractivity contribution in [1.82, 2.24) is 0 Å². The molecule has 0 saturated carbocycles. The molecule has 2 aromatic rings. The van der Waals surface area contributed by atoms with Crippen molar-refractivity contribution < 1.29 is 14.3 Å². The predicted molar refractivity (Wildman–Crippen MR) is 92.5 cm³/mol. The summed E-state index contributed by atoms with van der Waals surface area (Å²) in [6, 6.07) is 9.58. The first-order valence-electron chi connectivity index (χ1n) is 7.53. The maximum absolute atomic E-state index is 12.4. The first kappa shape index (κ1) is 16.9. The molecule has 0 unspecified atom stereocenters.